The van der Waals surface area contributed by atoms with Crippen molar-refractivity contribution in [2.75, 3.05) is 0 Å². The first-order valence-electron chi connectivity index (χ1n) is 9.44. The first-order chi connectivity index (χ1) is 15.0. The van der Waals surface area contributed by atoms with Gasteiger partial charge in [-0.05, 0) is 48.0 Å². The number of rotatable bonds is 3. The Kier molecular flexibility index (Phi) is 4.39. The summed E-state index contributed by atoms with van der Waals surface area (Å²) >= 11 is 0. The molecular formula is C23H14F2N4O2. The van der Waals surface area contributed by atoms with Crippen molar-refractivity contribution in [3.63, 3.8) is 0 Å². The predicted molar refractivity (Wildman–Crippen MR) is 113 cm³/mol. The molecule has 0 spiro atoms. The largest absolute Gasteiger partial charge is 0.306 e. The lowest BCUT2D eigenvalue weighted by molar-refractivity contribution is 0.626. The van der Waals surface area contributed by atoms with Crippen LogP contribution in [0.3, 0.4) is 0 Å². The van der Waals surface area contributed by atoms with Gasteiger partial charge in [0.1, 0.15) is 17.5 Å². The Labute approximate surface area is 173 Å². The topological polar surface area (TPSA) is 91.5 Å². The van der Waals surface area contributed by atoms with E-state index in [0.717, 1.165) is 6.07 Å². The van der Waals surface area contributed by atoms with E-state index >= 15 is 0 Å². The van der Waals surface area contributed by atoms with Crippen molar-refractivity contribution >= 4 is 21.7 Å². The fourth-order valence-corrected chi connectivity index (χ4v) is 3.64. The zero-order valence-corrected chi connectivity index (χ0v) is 15.9. The van der Waals surface area contributed by atoms with Crippen LogP contribution in [0.25, 0.3) is 33.1 Å². The van der Waals surface area contributed by atoms with Gasteiger partial charge in [0.2, 0.25) is 0 Å². The van der Waals surface area contributed by atoms with Crippen molar-refractivity contribution in [3.8, 4) is 11.4 Å². The van der Waals surface area contributed by atoms with E-state index in [1.807, 2.05) is 0 Å². The number of hydrogen-bond acceptors (Lipinski definition) is 4. The first-order valence-corrected chi connectivity index (χ1v) is 9.44. The smallest absolute Gasteiger partial charge is 0.272 e. The standard InChI is InChI=1S/C23H14F2N4O2/c24-14-5-6-19-18(11-14)22(30)27-21(26-19)13-7-12(8-15(25)10-13)9-20-16-3-1-2-4-17(16)23(31)29-28-20/h1-8,10-11H,9H2,(H,29,31)(H,26,27,30). The number of nitrogens with one attached hydrogen (secondary N) is 2. The van der Waals surface area contributed by atoms with Gasteiger partial charge < -0.3 is 4.98 Å². The summed E-state index contributed by atoms with van der Waals surface area (Å²) in [6.07, 6.45) is 0.255. The molecule has 0 aliphatic heterocycles. The SMILES string of the molecule is O=c1[nH]c(-c2cc(F)cc(Cc3n[nH]c(=O)c4ccccc34)c2)nc2ccc(F)cc12. The highest BCUT2D eigenvalue weighted by Gasteiger charge is 2.12. The highest BCUT2D eigenvalue weighted by molar-refractivity contribution is 5.83. The molecule has 5 rings (SSSR count). The molecule has 5 aromatic rings. The molecule has 0 fully saturated rings. The summed E-state index contributed by atoms with van der Waals surface area (Å²) in [4.78, 5) is 31.3. The summed E-state index contributed by atoms with van der Waals surface area (Å²) in [5, 5.41) is 7.88. The Morgan fingerprint density at radius 2 is 1.61 bits per heavy atom. The van der Waals surface area contributed by atoms with E-state index in [-0.39, 0.29) is 23.2 Å². The van der Waals surface area contributed by atoms with Gasteiger partial charge in [0, 0.05) is 17.4 Å². The fourth-order valence-electron chi connectivity index (χ4n) is 3.64. The maximum atomic E-state index is 14.4. The summed E-state index contributed by atoms with van der Waals surface area (Å²) < 4.78 is 27.8. The van der Waals surface area contributed by atoms with Crippen molar-refractivity contribution in [1.82, 2.24) is 20.2 Å². The Morgan fingerprint density at radius 1 is 0.806 bits per heavy atom. The van der Waals surface area contributed by atoms with Crippen molar-refractivity contribution < 1.29 is 8.78 Å². The molecular weight excluding hydrogens is 402 g/mol. The van der Waals surface area contributed by atoms with Crippen LogP contribution < -0.4 is 11.1 Å². The molecule has 0 amide bonds. The van der Waals surface area contributed by atoms with Gasteiger partial charge in [0.25, 0.3) is 11.1 Å². The van der Waals surface area contributed by atoms with Gasteiger partial charge >= 0.3 is 0 Å². The van der Waals surface area contributed by atoms with Crippen LogP contribution in [0.5, 0.6) is 0 Å². The normalized spacial score (nSPS) is 11.3. The van der Waals surface area contributed by atoms with Gasteiger partial charge in [0.15, 0.2) is 0 Å². The molecule has 0 saturated carbocycles. The number of benzene rings is 3. The molecule has 2 heterocycles. The second kappa shape index (κ2) is 7.24. The Balaban J connectivity index is 1.60. The lowest BCUT2D eigenvalue weighted by atomic mass is 10.0. The van der Waals surface area contributed by atoms with Crippen molar-refractivity contribution in [2.24, 2.45) is 0 Å². The van der Waals surface area contributed by atoms with Crippen LogP contribution in [0.15, 0.2) is 70.3 Å². The van der Waals surface area contributed by atoms with Crippen LogP contribution in [0, 0.1) is 11.6 Å². The summed E-state index contributed by atoms with van der Waals surface area (Å²) in [7, 11) is 0. The maximum absolute atomic E-state index is 14.4. The summed E-state index contributed by atoms with van der Waals surface area (Å²) in [6, 6.07) is 15.1. The lowest BCUT2D eigenvalue weighted by Crippen LogP contribution is -2.11. The second-order valence-electron chi connectivity index (χ2n) is 7.15. The lowest BCUT2D eigenvalue weighted by Gasteiger charge is -2.08. The molecule has 0 unspecified atom stereocenters. The number of H-pyrrole nitrogens is 2. The molecule has 3 aromatic carbocycles. The minimum Gasteiger partial charge on any atom is -0.306 e. The molecule has 0 bridgehead atoms. The van der Waals surface area contributed by atoms with Gasteiger partial charge in [-0.25, -0.2) is 18.9 Å². The molecule has 8 heteroatoms. The third-order valence-electron chi connectivity index (χ3n) is 5.04. The van der Waals surface area contributed by atoms with E-state index in [2.05, 4.69) is 20.2 Å². The van der Waals surface area contributed by atoms with Gasteiger partial charge in [-0.1, -0.05) is 18.2 Å². The van der Waals surface area contributed by atoms with E-state index in [1.54, 1.807) is 30.3 Å². The average Bonchev–Trinajstić information content (AvgIpc) is 2.76. The first kappa shape index (κ1) is 18.8. The van der Waals surface area contributed by atoms with E-state index in [0.29, 0.717) is 33.1 Å². The van der Waals surface area contributed by atoms with Crippen molar-refractivity contribution in [1.29, 1.82) is 0 Å². The number of aromatic amines is 2. The van der Waals surface area contributed by atoms with Crippen LogP contribution in [-0.4, -0.2) is 20.2 Å². The van der Waals surface area contributed by atoms with Crippen LogP contribution in [-0.2, 0) is 6.42 Å². The highest BCUT2D eigenvalue weighted by atomic mass is 19.1. The molecule has 0 aliphatic carbocycles. The van der Waals surface area contributed by atoms with Gasteiger partial charge in [-0.3, -0.25) is 9.59 Å². The number of aromatic nitrogens is 4. The maximum Gasteiger partial charge on any atom is 0.272 e. The number of hydrogen-bond donors (Lipinski definition) is 2. The molecule has 0 saturated heterocycles. The zero-order valence-electron chi connectivity index (χ0n) is 15.9. The molecule has 2 aromatic heterocycles. The monoisotopic (exact) mass is 416 g/mol. The average molecular weight is 416 g/mol. The Bertz CT molecular complexity index is 1590. The Hall–Kier alpha value is -4.20. The molecule has 6 nitrogen and oxygen atoms in total. The zero-order chi connectivity index (χ0) is 21.5. The van der Waals surface area contributed by atoms with Gasteiger partial charge in [-0.2, -0.15) is 5.10 Å². The van der Waals surface area contributed by atoms with E-state index in [4.69, 9.17) is 0 Å². The van der Waals surface area contributed by atoms with Crippen LogP contribution in [0.4, 0.5) is 8.78 Å². The van der Waals surface area contributed by atoms with Gasteiger partial charge in [-0.15, -0.1) is 0 Å². The molecule has 31 heavy (non-hydrogen) atoms. The van der Waals surface area contributed by atoms with Crippen molar-refractivity contribution in [2.45, 2.75) is 6.42 Å². The molecule has 0 aliphatic rings. The fraction of sp³-hybridized carbons (Fsp3) is 0.0435. The number of nitrogens with zero attached hydrogens (tertiary/aromatic N) is 2. The quantitative estimate of drug-likeness (QED) is 0.469. The Morgan fingerprint density at radius 3 is 2.45 bits per heavy atom. The summed E-state index contributed by atoms with van der Waals surface area (Å²) in [6.45, 7) is 0. The van der Waals surface area contributed by atoms with Crippen LogP contribution >= 0.6 is 0 Å². The summed E-state index contributed by atoms with van der Waals surface area (Å²) in [5.41, 5.74) is 1.03. The number of halogens is 2. The van der Waals surface area contributed by atoms with E-state index < -0.39 is 17.2 Å². The third kappa shape index (κ3) is 3.48. The number of fused-ring (bicyclic) bond motifs is 2. The van der Waals surface area contributed by atoms with Crippen molar-refractivity contribution in [3.05, 3.63) is 104 Å². The minimum absolute atomic E-state index is 0.115. The molecule has 0 radical (unpaired) electrons. The predicted octanol–water partition coefficient (Wildman–Crippen LogP) is 3.70. The van der Waals surface area contributed by atoms with E-state index in [9.17, 15) is 18.4 Å². The minimum atomic E-state index is -0.541. The van der Waals surface area contributed by atoms with Crippen LogP contribution in [0.2, 0.25) is 0 Å². The highest BCUT2D eigenvalue weighted by Crippen LogP contribution is 2.23. The molecule has 2 N–H and O–H groups in total. The molecule has 0 atom stereocenters. The molecule has 152 valence electrons. The van der Waals surface area contributed by atoms with E-state index in [1.165, 1.54) is 24.3 Å². The van der Waals surface area contributed by atoms with Gasteiger partial charge in [0.05, 0.1) is 22.0 Å². The second-order valence-corrected chi connectivity index (χ2v) is 7.15. The van der Waals surface area contributed by atoms with Crippen LogP contribution in [0.1, 0.15) is 11.3 Å². The third-order valence-corrected chi connectivity index (χ3v) is 5.04. The summed E-state index contributed by atoms with van der Waals surface area (Å²) in [5.74, 6) is -0.881.